The number of aliphatic hydroxyl groups is 3. The molecule has 4 atom stereocenters. The molecule has 0 aromatic carbocycles. The zero-order valence-corrected chi connectivity index (χ0v) is 17.0. The van der Waals surface area contributed by atoms with Crippen molar-refractivity contribution in [1.82, 2.24) is 14.9 Å². The van der Waals surface area contributed by atoms with Gasteiger partial charge in [-0.2, -0.15) is 0 Å². The van der Waals surface area contributed by atoms with Crippen LogP contribution in [0.3, 0.4) is 0 Å². The first-order chi connectivity index (χ1) is 14.8. The summed E-state index contributed by atoms with van der Waals surface area (Å²) < 4.78 is 6.25. The van der Waals surface area contributed by atoms with Gasteiger partial charge < -0.3 is 30.7 Å². The van der Waals surface area contributed by atoms with Gasteiger partial charge in [0.25, 0.3) is 5.56 Å². The summed E-state index contributed by atoms with van der Waals surface area (Å²) in [6, 6.07) is -0.515. The van der Waals surface area contributed by atoms with E-state index in [1.54, 1.807) is 0 Å². The summed E-state index contributed by atoms with van der Waals surface area (Å²) in [5, 5.41) is 35.0. The second kappa shape index (κ2) is 7.44. The molecule has 0 spiro atoms. The minimum atomic E-state index is -1.49. The van der Waals surface area contributed by atoms with Gasteiger partial charge in [0.05, 0.1) is 6.61 Å². The average molecular weight is 436 g/mol. The number of carbonyl (C=O) groups is 1. The van der Waals surface area contributed by atoms with E-state index in [1.807, 2.05) is 0 Å². The van der Waals surface area contributed by atoms with Crippen molar-refractivity contribution in [2.75, 3.05) is 11.9 Å². The largest absolute Gasteiger partial charge is 0.394 e. The van der Waals surface area contributed by atoms with Crippen LogP contribution in [0.2, 0.25) is 0 Å². The molecule has 11 nitrogen and oxygen atoms in total. The van der Waals surface area contributed by atoms with Crippen LogP contribution in [0.1, 0.15) is 44.8 Å². The summed E-state index contributed by atoms with van der Waals surface area (Å²) in [5.41, 5.74) is -2.08. The molecule has 2 heterocycles. The van der Waals surface area contributed by atoms with E-state index in [9.17, 15) is 29.7 Å². The van der Waals surface area contributed by atoms with E-state index in [-0.39, 0.29) is 11.2 Å². The van der Waals surface area contributed by atoms with Gasteiger partial charge in [-0.1, -0.05) is 0 Å². The molecule has 2 amide bonds. The first kappa shape index (κ1) is 20.7. The van der Waals surface area contributed by atoms with E-state index in [2.05, 4.69) is 15.6 Å². The molecule has 0 unspecified atom stereocenters. The third-order valence-electron chi connectivity index (χ3n) is 7.42. The lowest BCUT2D eigenvalue weighted by atomic mass is 9.53. The molecule has 1 aromatic rings. The molecule has 170 valence electrons. The number of urea groups is 1. The van der Waals surface area contributed by atoms with Crippen LogP contribution in [0.25, 0.3) is 0 Å². The standard InChI is InChI=1S/C20H28N4O7/c25-8-13-14(26)15(27)17(31-13)24-7-12(16(28)22-19(24)30)21-18(29)23-20-4-9-1-10(5-20)3-11(2-9)6-20/h7,9-11,13-15,17,25-27H,1-6,8H2,(H2,21,23,29)(H,22,28,30)/t9?,10?,11?,13-,14+,15-,17-,20?/m0/s1. The first-order valence-corrected chi connectivity index (χ1v) is 10.8. The Kier molecular flexibility index (Phi) is 4.96. The lowest BCUT2D eigenvalue weighted by molar-refractivity contribution is -0.0549. The minimum Gasteiger partial charge on any atom is -0.394 e. The second-order valence-electron chi connectivity index (χ2n) is 9.72. The van der Waals surface area contributed by atoms with Gasteiger partial charge in [-0.3, -0.25) is 14.3 Å². The molecule has 1 saturated heterocycles. The Morgan fingerprint density at radius 1 is 1.13 bits per heavy atom. The molecule has 1 aliphatic heterocycles. The van der Waals surface area contributed by atoms with Crippen LogP contribution in [0, 0.1) is 17.8 Å². The Hall–Kier alpha value is -2.21. The molecule has 11 heteroatoms. The molecular weight excluding hydrogens is 408 g/mol. The van der Waals surface area contributed by atoms with E-state index in [0.29, 0.717) is 17.8 Å². The quantitative estimate of drug-likeness (QED) is 0.361. The maximum Gasteiger partial charge on any atom is 0.330 e. The normalized spacial score (nSPS) is 40.8. The molecule has 5 aliphatic rings. The summed E-state index contributed by atoms with van der Waals surface area (Å²) >= 11 is 0. The van der Waals surface area contributed by atoms with Crippen molar-refractivity contribution >= 4 is 11.7 Å². The van der Waals surface area contributed by atoms with Crippen LogP contribution in [-0.2, 0) is 4.74 Å². The lowest BCUT2D eigenvalue weighted by Gasteiger charge is -2.56. The number of nitrogens with zero attached hydrogens (tertiary/aromatic N) is 1. The number of carbonyl (C=O) groups excluding carboxylic acids is 1. The number of aromatic nitrogens is 2. The molecule has 31 heavy (non-hydrogen) atoms. The molecule has 4 saturated carbocycles. The average Bonchev–Trinajstić information content (AvgIpc) is 2.97. The number of aromatic amines is 1. The fourth-order valence-electron chi connectivity index (χ4n) is 6.53. The summed E-state index contributed by atoms with van der Waals surface area (Å²) in [5.74, 6) is 1.93. The van der Waals surface area contributed by atoms with E-state index in [0.717, 1.165) is 30.0 Å². The summed E-state index contributed by atoms with van der Waals surface area (Å²) in [6.07, 6.45) is 2.35. The second-order valence-corrected chi connectivity index (χ2v) is 9.72. The van der Waals surface area contributed by atoms with Gasteiger partial charge in [-0.15, -0.1) is 0 Å². The third-order valence-corrected chi connectivity index (χ3v) is 7.42. The molecule has 6 rings (SSSR count). The monoisotopic (exact) mass is 436 g/mol. The number of hydrogen-bond donors (Lipinski definition) is 6. The predicted molar refractivity (Wildman–Crippen MR) is 107 cm³/mol. The highest BCUT2D eigenvalue weighted by Crippen LogP contribution is 2.55. The van der Waals surface area contributed by atoms with E-state index in [1.165, 1.54) is 19.3 Å². The van der Waals surface area contributed by atoms with Crippen molar-refractivity contribution in [3.05, 3.63) is 27.0 Å². The highest BCUT2D eigenvalue weighted by atomic mass is 16.6. The number of ether oxygens (including phenoxy) is 1. The lowest BCUT2D eigenvalue weighted by Crippen LogP contribution is -2.60. The summed E-state index contributed by atoms with van der Waals surface area (Å²) in [7, 11) is 0. The molecule has 4 bridgehead atoms. The number of aliphatic hydroxyl groups excluding tert-OH is 3. The molecule has 1 aromatic heterocycles. The zero-order chi connectivity index (χ0) is 21.9. The number of nitrogens with one attached hydrogen (secondary N) is 3. The maximum atomic E-state index is 12.8. The highest BCUT2D eigenvalue weighted by molar-refractivity contribution is 5.89. The Morgan fingerprint density at radius 3 is 2.29 bits per heavy atom. The number of anilines is 1. The van der Waals surface area contributed by atoms with Gasteiger partial charge >= 0.3 is 11.7 Å². The Bertz CT molecular complexity index is 953. The van der Waals surface area contributed by atoms with Gasteiger partial charge in [0.1, 0.15) is 24.0 Å². The van der Waals surface area contributed by atoms with E-state index in [4.69, 9.17) is 4.74 Å². The van der Waals surface area contributed by atoms with Crippen molar-refractivity contribution < 1.29 is 24.9 Å². The first-order valence-electron chi connectivity index (χ1n) is 10.8. The topological polar surface area (TPSA) is 166 Å². The Labute approximate surface area is 177 Å². The van der Waals surface area contributed by atoms with Crippen molar-refractivity contribution in [3.8, 4) is 0 Å². The minimum absolute atomic E-state index is 0.181. The fraction of sp³-hybridized carbons (Fsp3) is 0.750. The highest BCUT2D eigenvalue weighted by Gasteiger charge is 2.51. The maximum absolute atomic E-state index is 12.8. The SMILES string of the molecule is O=C(Nc1cn([C@H]2O[C@@H](CO)[C@@H](O)[C@@H]2O)c(=O)[nH]c1=O)NC12CC3CC(CC(C3)C1)C2. The van der Waals surface area contributed by atoms with Crippen LogP contribution in [-0.4, -0.2) is 61.4 Å². The number of amides is 2. The zero-order valence-electron chi connectivity index (χ0n) is 17.0. The predicted octanol–water partition coefficient (Wildman–Crippen LogP) is -0.762. The number of H-pyrrole nitrogens is 1. The molecule has 4 aliphatic carbocycles. The molecule has 0 radical (unpaired) electrons. The van der Waals surface area contributed by atoms with Crippen molar-refractivity contribution in [1.29, 1.82) is 0 Å². The molecule has 5 fully saturated rings. The van der Waals surface area contributed by atoms with Gasteiger partial charge in [-0.05, 0) is 56.3 Å². The van der Waals surface area contributed by atoms with Crippen LogP contribution in [0.5, 0.6) is 0 Å². The van der Waals surface area contributed by atoms with E-state index < -0.39 is 48.4 Å². The molecule has 6 N–H and O–H groups in total. The van der Waals surface area contributed by atoms with Crippen LogP contribution in [0.4, 0.5) is 10.5 Å². The Morgan fingerprint density at radius 2 is 1.74 bits per heavy atom. The van der Waals surface area contributed by atoms with Crippen LogP contribution >= 0.6 is 0 Å². The van der Waals surface area contributed by atoms with E-state index >= 15 is 0 Å². The van der Waals surface area contributed by atoms with Gasteiger partial charge in [0, 0.05) is 11.7 Å². The van der Waals surface area contributed by atoms with Crippen molar-refractivity contribution in [2.24, 2.45) is 17.8 Å². The van der Waals surface area contributed by atoms with Gasteiger partial charge in [-0.25, -0.2) is 9.59 Å². The fourth-order valence-corrected chi connectivity index (χ4v) is 6.53. The summed E-state index contributed by atoms with van der Waals surface area (Å²) in [4.78, 5) is 39.4. The van der Waals surface area contributed by atoms with Gasteiger partial charge in [0.15, 0.2) is 6.23 Å². The molecular formula is C20H28N4O7. The Balaban J connectivity index is 1.34. The number of hydrogen-bond acceptors (Lipinski definition) is 7. The third kappa shape index (κ3) is 3.59. The number of rotatable bonds is 4. The summed E-state index contributed by atoms with van der Waals surface area (Å²) in [6.45, 7) is -0.550. The van der Waals surface area contributed by atoms with Crippen LogP contribution in [0.15, 0.2) is 15.8 Å². The smallest absolute Gasteiger partial charge is 0.330 e. The van der Waals surface area contributed by atoms with Crippen LogP contribution < -0.4 is 21.9 Å². The van der Waals surface area contributed by atoms with Gasteiger partial charge in [0.2, 0.25) is 0 Å². The van der Waals surface area contributed by atoms with Crippen molar-refractivity contribution in [3.63, 3.8) is 0 Å². The van der Waals surface area contributed by atoms with Crippen molar-refractivity contribution in [2.45, 2.75) is 68.6 Å².